The Hall–Kier alpha value is -1.53. The minimum absolute atomic E-state index is 0.106. The molecule has 0 aromatic heterocycles. The molecule has 0 bridgehead atoms. The van der Waals surface area contributed by atoms with Gasteiger partial charge in [-0.2, -0.15) is 0 Å². The van der Waals surface area contributed by atoms with Gasteiger partial charge in [0, 0.05) is 11.1 Å². The molecule has 0 spiro atoms. The van der Waals surface area contributed by atoms with Crippen LogP contribution in [-0.2, 0) is 10.7 Å². The highest BCUT2D eigenvalue weighted by Crippen LogP contribution is 2.11. The lowest BCUT2D eigenvalue weighted by Crippen LogP contribution is -1.91. The Kier molecular flexibility index (Phi) is 4.14. The fraction of sp³-hybridized carbons (Fsp3) is 0.182. The van der Waals surface area contributed by atoms with Crippen LogP contribution in [0.3, 0.4) is 0 Å². The van der Waals surface area contributed by atoms with Gasteiger partial charge >= 0.3 is 5.97 Å². The third kappa shape index (κ3) is 3.61. The molecular weight excluding hydrogens is 219 g/mol. The second-order valence-electron chi connectivity index (χ2n) is 2.81. The number of halogens is 2. The number of carboxylic acids is 1. The van der Waals surface area contributed by atoms with Crippen LogP contribution in [-0.4, -0.2) is 11.1 Å². The van der Waals surface area contributed by atoms with Gasteiger partial charge in [-0.25, -0.2) is 4.39 Å². The van der Waals surface area contributed by atoms with Crippen molar-refractivity contribution in [2.75, 3.05) is 0 Å². The summed E-state index contributed by atoms with van der Waals surface area (Å²) in [5.41, 5.74) is 0.850. The molecule has 0 heterocycles. The molecule has 0 saturated heterocycles. The van der Waals surface area contributed by atoms with Crippen molar-refractivity contribution in [3.63, 3.8) is 0 Å². The van der Waals surface area contributed by atoms with Crippen LogP contribution >= 0.6 is 11.6 Å². The van der Waals surface area contributed by atoms with Crippen LogP contribution in [0.5, 0.6) is 0 Å². The molecule has 0 radical (unpaired) electrons. The Morgan fingerprint density at radius 2 is 2.27 bits per heavy atom. The number of aliphatic carboxylic acids is 1. The second-order valence-corrected chi connectivity index (χ2v) is 3.08. The van der Waals surface area contributed by atoms with Gasteiger partial charge in [-0.1, -0.05) is 17.9 Å². The first-order valence-corrected chi connectivity index (χ1v) is 4.72. The van der Waals surface area contributed by atoms with Gasteiger partial charge in [0.25, 0.3) is 0 Å². The van der Waals surface area contributed by atoms with Crippen molar-refractivity contribution in [1.82, 2.24) is 0 Å². The molecule has 0 aliphatic heterocycles. The zero-order valence-corrected chi connectivity index (χ0v) is 8.51. The fourth-order valence-electron chi connectivity index (χ4n) is 0.955. The van der Waals surface area contributed by atoms with Gasteiger partial charge in [-0.3, -0.25) is 4.79 Å². The van der Waals surface area contributed by atoms with E-state index < -0.39 is 11.8 Å². The lowest BCUT2D eigenvalue weighted by atomic mass is 10.1. The maximum atomic E-state index is 13.2. The number of rotatable bonds is 2. The van der Waals surface area contributed by atoms with E-state index in [0.717, 1.165) is 0 Å². The van der Waals surface area contributed by atoms with E-state index >= 15 is 0 Å². The summed E-state index contributed by atoms with van der Waals surface area (Å²) in [7, 11) is 0. The standard InChI is InChI=1S/C11H8ClFO2/c12-7-9-5-4-8(6-10(9)13)2-1-3-11(14)15/h4-6H,3,7H2,(H,14,15). The first kappa shape index (κ1) is 11.5. The van der Waals surface area contributed by atoms with Crippen molar-refractivity contribution in [1.29, 1.82) is 0 Å². The van der Waals surface area contributed by atoms with Crippen LogP contribution in [0.1, 0.15) is 17.5 Å². The lowest BCUT2D eigenvalue weighted by molar-refractivity contribution is -0.135. The summed E-state index contributed by atoms with van der Waals surface area (Å²) in [5.74, 6) is 3.65. The number of carboxylic acid groups (broad SMARTS) is 1. The fourth-order valence-corrected chi connectivity index (χ4v) is 1.17. The highest BCUT2D eigenvalue weighted by Gasteiger charge is 2.00. The second kappa shape index (κ2) is 5.38. The molecule has 78 valence electrons. The summed E-state index contributed by atoms with van der Waals surface area (Å²) in [6.07, 6.45) is -0.251. The molecular formula is C11H8ClFO2. The highest BCUT2D eigenvalue weighted by molar-refractivity contribution is 6.17. The van der Waals surface area contributed by atoms with Crippen molar-refractivity contribution < 1.29 is 14.3 Å². The third-order valence-corrected chi connectivity index (χ3v) is 1.96. The minimum atomic E-state index is -1.000. The molecule has 1 rings (SSSR count). The molecule has 0 aliphatic rings. The summed E-state index contributed by atoms with van der Waals surface area (Å²) < 4.78 is 13.2. The molecule has 1 aromatic carbocycles. The van der Waals surface area contributed by atoms with Crippen LogP contribution in [0.25, 0.3) is 0 Å². The zero-order valence-electron chi connectivity index (χ0n) is 7.76. The molecule has 15 heavy (non-hydrogen) atoms. The molecule has 2 nitrogen and oxygen atoms in total. The number of benzene rings is 1. The molecule has 0 unspecified atom stereocenters. The van der Waals surface area contributed by atoms with E-state index in [0.29, 0.717) is 11.1 Å². The van der Waals surface area contributed by atoms with Gasteiger partial charge in [-0.05, 0) is 12.1 Å². The maximum Gasteiger partial charge on any atom is 0.315 e. The van der Waals surface area contributed by atoms with Gasteiger partial charge in [0.05, 0.1) is 5.88 Å². The number of hydrogen-bond donors (Lipinski definition) is 1. The van der Waals surface area contributed by atoms with Crippen LogP contribution in [0.2, 0.25) is 0 Å². The van der Waals surface area contributed by atoms with Gasteiger partial charge in [0.1, 0.15) is 12.2 Å². The molecule has 4 heteroatoms. The Labute approximate surface area is 91.7 Å². The van der Waals surface area contributed by atoms with E-state index in [1.54, 1.807) is 6.07 Å². The predicted molar refractivity (Wildman–Crippen MR) is 55.1 cm³/mol. The lowest BCUT2D eigenvalue weighted by Gasteiger charge is -1.97. The molecule has 0 amide bonds. The van der Waals surface area contributed by atoms with E-state index in [2.05, 4.69) is 11.8 Å². The monoisotopic (exact) mass is 226 g/mol. The Bertz CT molecular complexity index is 432. The van der Waals surface area contributed by atoms with E-state index in [9.17, 15) is 9.18 Å². The van der Waals surface area contributed by atoms with E-state index in [1.165, 1.54) is 12.1 Å². The highest BCUT2D eigenvalue weighted by atomic mass is 35.5. The van der Waals surface area contributed by atoms with Gasteiger partial charge in [0.15, 0.2) is 0 Å². The molecule has 1 N–H and O–H groups in total. The normalized spacial score (nSPS) is 9.20. The van der Waals surface area contributed by atoms with Crippen LogP contribution in [0.4, 0.5) is 4.39 Å². The molecule has 0 fully saturated rings. The Balaban J connectivity index is 2.82. The van der Waals surface area contributed by atoms with Gasteiger partial charge in [0.2, 0.25) is 0 Å². The molecule has 0 aliphatic carbocycles. The number of hydrogen-bond acceptors (Lipinski definition) is 1. The topological polar surface area (TPSA) is 37.3 Å². The minimum Gasteiger partial charge on any atom is -0.481 e. The quantitative estimate of drug-likeness (QED) is 0.621. The van der Waals surface area contributed by atoms with E-state index in [1.807, 2.05) is 0 Å². The van der Waals surface area contributed by atoms with E-state index in [4.69, 9.17) is 16.7 Å². The first-order chi connectivity index (χ1) is 7.13. The van der Waals surface area contributed by atoms with Crippen molar-refractivity contribution >= 4 is 17.6 Å². The van der Waals surface area contributed by atoms with Gasteiger partial charge < -0.3 is 5.11 Å². The van der Waals surface area contributed by atoms with Crippen molar-refractivity contribution in [2.45, 2.75) is 12.3 Å². The average Bonchev–Trinajstić information content (AvgIpc) is 2.17. The molecule has 0 atom stereocenters. The van der Waals surface area contributed by atoms with Crippen LogP contribution in [0.15, 0.2) is 18.2 Å². The smallest absolute Gasteiger partial charge is 0.315 e. The van der Waals surface area contributed by atoms with Crippen LogP contribution in [0, 0.1) is 17.7 Å². The van der Waals surface area contributed by atoms with Gasteiger partial charge in [-0.15, -0.1) is 11.6 Å². The summed E-state index contributed by atoms with van der Waals surface area (Å²) in [5, 5.41) is 8.33. The third-order valence-electron chi connectivity index (χ3n) is 1.67. The summed E-state index contributed by atoms with van der Waals surface area (Å²) in [4.78, 5) is 10.2. The van der Waals surface area contributed by atoms with E-state index in [-0.39, 0.29) is 12.3 Å². The Morgan fingerprint density at radius 1 is 1.53 bits per heavy atom. The van der Waals surface area contributed by atoms with Crippen molar-refractivity contribution in [3.8, 4) is 11.8 Å². The average molecular weight is 227 g/mol. The van der Waals surface area contributed by atoms with Crippen LogP contribution < -0.4 is 0 Å². The maximum absolute atomic E-state index is 13.2. The molecule has 0 saturated carbocycles. The summed E-state index contributed by atoms with van der Waals surface area (Å²) in [6.45, 7) is 0. The van der Waals surface area contributed by atoms with Crippen molar-refractivity contribution in [3.05, 3.63) is 35.1 Å². The number of carbonyl (C=O) groups is 1. The summed E-state index contributed by atoms with van der Waals surface area (Å²) >= 11 is 5.48. The SMILES string of the molecule is O=C(O)CC#Cc1ccc(CCl)c(F)c1. The molecule has 1 aromatic rings. The predicted octanol–water partition coefficient (Wildman–Crippen LogP) is 2.39. The summed E-state index contributed by atoms with van der Waals surface area (Å²) in [6, 6.07) is 4.38. The Morgan fingerprint density at radius 3 is 2.80 bits per heavy atom. The first-order valence-electron chi connectivity index (χ1n) is 4.18. The zero-order chi connectivity index (χ0) is 11.3. The van der Waals surface area contributed by atoms with Crippen molar-refractivity contribution in [2.24, 2.45) is 0 Å². The number of alkyl halides is 1. The largest absolute Gasteiger partial charge is 0.481 e.